The molecule has 0 amide bonds. The van der Waals surface area contributed by atoms with Gasteiger partial charge in [0, 0.05) is 13.1 Å². The Morgan fingerprint density at radius 3 is 1.83 bits per heavy atom. The van der Waals surface area contributed by atoms with Gasteiger partial charge < -0.3 is 0 Å². The summed E-state index contributed by atoms with van der Waals surface area (Å²) in [6, 6.07) is 29.0. The third kappa shape index (κ3) is 3.69. The molecule has 0 aliphatic carbocycles. The fraction of sp³-hybridized carbons (Fsp3) is 0.208. The first-order chi connectivity index (χ1) is 14.0. The van der Waals surface area contributed by atoms with Gasteiger partial charge in [0.15, 0.2) is 0 Å². The summed E-state index contributed by atoms with van der Waals surface area (Å²) in [5.41, 5.74) is 2.38. The first kappa shape index (κ1) is 19.4. The lowest BCUT2D eigenvalue weighted by Crippen LogP contribution is -2.44. The molecule has 3 aromatic rings. The van der Waals surface area contributed by atoms with E-state index in [0.717, 1.165) is 16.7 Å². The molecule has 4 rings (SSSR count). The summed E-state index contributed by atoms with van der Waals surface area (Å²) in [6.07, 6.45) is 0.990. The number of nitrogens with zero attached hydrogens (tertiary/aromatic N) is 2. The Hall–Kier alpha value is -2.94. The molecule has 0 radical (unpaired) electrons. The van der Waals surface area contributed by atoms with Gasteiger partial charge in [-0.3, -0.25) is 0 Å². The van der Waals surface area contributed by atoms with Crippen molar-refractivity contribution in [2.24, 2.45) is 0 Å². The van der Waals surface area contributed by atoms with Crippen LogP contribution in [-0.4, -0.2) is 25.8 Å². The molecule has 3 aromatic carbocycles. The molecule has 0 saturated carbocycles. The van der Waals surface area contributed by atoms with Gasteiger partial charge in [-0.05, 0) is 41.7 Å². The van der Waals surface area contributed by atoms with Crippen molar-refractivity contribution in [2.45, 2.75) is 23.2 Å². The van der Waals surface area contributed by atoms with Crippen LogP contribution in [0.2, 0.25) is 0 Å². The van der Waals surface area contributed by atoms with Crippen molar-refractivity contribution in [1.29, 1.82) is 5.26 Å². The van der Waals surface area contributed by atoms with Crippen LogP contribution in [0.25, 0.3) is 11.1 Å². The minimum Gasteiger partial charge on any atom is -0.207 e. The van der Waals surface area contributed by atoms with E-state index in [9.17, 15) is 13.7 Å². The summed E-state index contributed by atoms with van der Waals surface area (Å²) >= 11 is 0. The van der Waals surface area contributed by atoms with Crippen LogP contribution in [0.5, 0.6) is 0 Å². The zero-order valence-electron chi connectivity index (χ0n) is 16.0. The molecule has 1 fully saturated rings. The van der Waals surface area contributed by atoms with E-state index >= 15 is 0 Å². The third-order valence-electron chi connectivity index (χ3n) is 5.72. The minimum absolute atomic E-state index is 0.293. The van der Waals surface area contributed by atoms with Crippen LogP contribution in [0.1, 0.15) is 18.4 Å². The summed E-state index contributed by atoms with van der Waals surface area (Å²) in [6.45, 7) is 0.677. The van der Waals surface area contributed by atoms with Crippen molar-refractivity contribution in [3.8, 4) is 17.2 Å². The highest BCUT2D eigenvalue weighted by atomic mass is 32.2. The van der Waals surface area contributed by atoms with E-state index in [1.807, 2.05) is 72.8 Å². The minimum atomic E-state index is -3.58. The second kappa shape index (κ2) is 7.82. The number of benzene rings is 3. The van der Waals surface area contributed by atoms with E-state index in [2.05, 4.69) is 6.07 Å². The Morgan fingerprint density at radius 1 is 0.759 bits per heavy atom. The Bertz CT molecular complexity index is 1110. The number of nitriles is 1. The molecule has 1 saturated heterocycles. The molecular weight excluding hydrogens is 380 g/mol. The molecule has 0 aromatic heterocycles. The van der Waals surface area contributed by atoms with Crippen LogP contribution in [0.4, 0.5) is 0 Å². The van der Waals surface area contributed by atoms with Gasteiger partial charge in [0.2, 0.25) is 10.0 Å². The van der Waals surface area contributed by atoms with Crippen LogP contribution in [-0.2, 0) is 15.4 Å². The lowest BCUT2D eigenvalue weighted by Gasteiger charge is -2.37. The molecule has 1 aliphatic heterocycles. The molecule has 5 heteroatoms. The summed E-state index contributed by atoms with van der Waals surface area (Å²) in [5, 5.41) is 9.82. The molecule has 29 heavy (non-hydrogen) atoms. The van der Waals surface area contributed by atoms with Crippen LogP contribution in [0.15, 0.2) is 89.8 Å². The van der Waals surface area contributed by atoms with Gasteiger partial charge in [-0.15, -0.1) is 0 Å². The Labute approximate surface area is 172 Å². The molecular formula is C24H22N2O2S. The Balaban J connectivity index is 1.53. The van der Waals surface area contributed by atoms with Crippen molar-refractivity contribution in [2.75, 3.05) is 13.1 Å². The molecule has 0 N–H and O–H groups in total. The van der Waals surface area contributed by atoms with E-state index < -0.39 is 15.4 Å². The molecule has 0 bridgehead atoms. The van der Waals surface area contributed by atoms with Gasteiger partial charge >= 0.3 is 0 Å². The van der Waals surface area contributed by atoms with Crippen molar-refractivity contribution in [1.82, 2.24) is 4.31 Å². The number of rotatable bonds is 4. The maximum absolute atomic E-state index is 13.1. The normalized spacial score (nSPS) is 16.8. The quantitative estimate of drug-likeness (QED) is 0.641. The highest BCUT2D eigenvalue weighted by Gasteiger charge is 2.40. The number of hydrogen-bond acceptors (Lipinski definition) is 3. The van der Waals surface area contributed by atoms with Crippen molar-refractivity contribution in [3.05, 3.63) is 90.5 Å². The predicted molar refractivity (Wildman–Crippen MR) is 114 cm³/mol. The average Bonchev–Trinajstić information content (AvgIpc) is 2.80. The summed E-state index contributed by atoms with van der Waals surface area (Å²) in [4.78, 5) is 0.293. The van der Waals surface area contributed by atoms with Gasteiger partial charge in [-0.2, -0.15) is 9.57 Å². The number of piperidine rings is 1. The number of sulfonamides is 1. The molecule has 0 spiro atoms. The molecule has 1 heterocycles. The number of hydrogen-bond donors (Lipinski definition) is 0. The van der Waals surface area contributed by atoms with Gasteiger partial charge in [0.25, 0.3) is 0 Å². The van der Waals surface area contributed by atoms with E-state index in [1.165, 1.54) is 4.31 Å². The molecule has 146 valence electrons. The van der Waals surface area contributed by atoms with Crippen molar-refractivity contribution >= 4 is 10.0 Å². The van der Waals surface area contributed by atoms with E-state index in [0.29, 0.717) is 30.8 Å². The van der Waals surface area contributed by atoms with Crippen LogP contribution >= 0.6 is 0 Å². The highest BCUT2D eigenvalue weighted by molar-refractivity contribution is 7.89. The molecule has 0 atom stereocenters. The van der Waals surface area contributed by atoms with Crippen LogP contribution in [0.3, 0.4) is 0 Å². The summed E-state index contributed by atoms with van der Waals surface area (Å²) in [7, 11) is -3.58. The first-order valence-electron chi connectivity index (χ1n) is 9.68. The van der Waals surface area contributed by atoms with Gasteiger partial charge in [-0.1, -0.05) is 72.8 Å². The maximum Gasteiger partial charge on any atom is 0.243 e. The second-order valence-corrected chi connectivity index (χ2v) is 9.29. The molecule has 4 nitrogen and oxygen atoms in total. The highest BCUT2D eigenvalue weighted by Crippen LogP contribution is 2.36. The zero-order valence-corrected chi connectivity index (χ0v) is 16.8. The van der Waals surface area contributed by atoms with E-state index in [-0.39, 0.29) is 0 Å². The van der Waals surface area contributed by atoms with Gasteiger partial charge in [-0.25, -0.2) is 8.42 Å². The maximum atomic E-state index is 13.1. The van der Waals surface area contributed by atoms with Gasteiger partial charge in [0.05, 0.1) is 16.4 Å². The van der Waals surface area contributed by atoms with Crippen LogP contribution < -0.4 is 0 Å². The third-order valence-corrected chi connectivity index (χ3v) is 7.63. The fourth-order valence-electron chi connectivity index (χ4n) is 3.93. The molecule has 1 aliphatic rings. The fourth-order valence-corrected chi connectivity index (χ4v) is 5.37. The smallest absolute Gasteiger partial charge is 0.207 e. The SMILES string of the molecule is N#CC1(c2ccccc2)CCN(S(=O)(=O)c2ccc(-c3ccccc3)cc2)CC1. The summed E-state index contributed by atoms with van der Waals surface area (Å²) < 4.78 is 27.7. The second-order valence-electron chi connectivity index (χ2n) is 7.35. The van der Waals surface area contributed by atoms with E-state index in [1.54, 1.807) is 12.1 Å². The topological polar surface area (TPSA) is 61.2 Å². The standard InChI is InChI=1S/C24H22N2O2S/c25-19-24(22-9-5-2-6-10-22)15-17-26(18-16-24)29(27,28)23-13-11-21(12-14-23)20-7-3-1-4-8-20/h1-14H,15-18H2. The van der Waals surface area contributed by atoms with Crippen molar-refractivity contribution < 1.29 is 8.42 Å². The lowest BCUT2D eigenvalue weighted by molar-refractivity contribution is 0.277. The lowest BCUT2D eigenvalue weighted by atomic mass is 9.74. The zero-order chi connectivity index (χ0) is 20.3. The monoisotopic (exact) mass is 402 g/mol. The first-order valence-corrected chi connectivity index (χ1v) is 11.1. The molecule has 0 unspecified atom stereocenters. The van der Waals surface area contributed by atoms with Crippen LogP contribution in [0, 0.1) is 11.3 Å². The Kier molecular flexibility index (Phi) is 5.23. The predicted octanol–water partition coefficient (Wildman–Crippen LogP) is 4.60. The Morgan fingerprint density at radius 2 is 1.28 bits per heavy atom. The average molecular weight is 403 g/mol. The van der Waals surface area contributed by atoms with Gasteiger partial charge in [0.1, 0.15) is 0 Å². The largest absolute Gasteiger partial charge is 0.243 e. The van der Waals surface area contributed by atoms with Crippen molar-refractivity contribution in [3.63, 3.8) is 0 Å². The van der Waals surface area contributed by atoms with E-state index in [4.69, 9.17) is 0 Å². The summed E-state index contributed by atoms with van der Waals surface area (Å²) in [5.74, 6) is 0.